The van der Waals surface area contributed by atoms with E-state index in [2.05, 4.69) is 18.7 Å². The van der Waals surface area contributed by atoms with Crippen molar-refractivity contribution in [1.29, 1.82) is 0 Å². The second-order valence-electron chi connectivity index (χ2n) is 8.15. The molecule has 4 heteroatoms. The van der Waals surface area contributed by atoms with Gasteiger partial charge in [0.25, 0.3) is 0 Å². The molecule has 0 radical (unpaired) electrons. The molecule has 0 aromatic rings. The number of esters is 1. The van der Waals surface area contributed by atoms with Gasteiger partial charge in [-0.1, -0.05) is 13.8 Å². The zero-order chi connectivity index (χ0) is 15.7. The van der Waals surface area contributed by atoms with Crippen molar-refractivity contribution in [2.45, 2.75) is 53.1 Å². The van der Waals surface area contributed by atoms with Crippen LogP contribution in [-0.2, 0) is 14.3 Å². The van der Waals surface area contributed by atoms with Crippen molar-refractivity contribution < 1.29 is 14.3 Å². The number of rotatable bonds is 4. The van der Waals surface area contributed by atoms with Crippen LogP contribution in [0.2, 0.25) is 0 Å². The van der Waals surface area contributed by atoms with Gasteiger partial charge in [0.1, 0.15) is 5.60 Å². The van der Waals surface area contributed by atoms with Gasteiger partial charge in [0, 0.05) is 26.1 Å². The Morgan fingerprint density at radius 1 is 1.24 bits per heavy atom. The summed E-state index contributed by atoms with van der Waals surface area (Å²) in [6.07, 6.45) is 1.70. The molecule has 2 atom stereocenters. The molecule has 0 aromatic heterocycles. The third kappa shape index (κ3) is 4.43. The molecule has 1 aliphatic heterocycles. The van der Waals surface area contributed by atoms with Crippen LogP contribution in [0.5, 0.6) is 0 Å². The normalized spacial score (nSPS) is 29.8. The van der Waals surface area contributed by atoms with Gasteiger partial charge in [0.2, 0.25) is 0 Å². The topological polar surface area (TPSA) is 38.8 Å². The van der Waals surface area contributed by atoms with Crippen molar-refractivity contribution in [3.63, 3.8) is 0 Å². The van der Waals surface area contributed by atoms with E-state index in [4.69, 9.17) is 9.47 Å². The van der Waals surface area contributed by atoms with Gasteiger partial charge in [-0.15, -0.1) is 0 Å². The Morgan fingerprint density at radius 2 is 1.86 bits per heavy atom. The minimum absolute atomic E-state index is 0.0506. The minimum Gasteiger partial charge on any atom is -0.460 e. The predicted molar refractivity (Wildman–Crippen MR) is 83.1 cm³/mol. The number of carbonyl (C=O) groups excluding carboxylic acids is 1. The van der Waals surface area contributed by atoms with Crippen molar-refractivity contribution in [2.24, 2.45) is 17.3 Å². The van der Waals surface area contributed by atoms with Crippen LogP contribution >= 0.6 is 0 Å². The third-order valence-electron chi connectivity index (χ3n) is 5.09. The summed E-state index contributed by atoms with van der Waals surface area (Å²) >= 11 is 0. The number of hydrogen-bond acceptors (Lipinski definition) is 4. The van der Waals surface area contributed by atoms with Crippen LogP contribution < -0.4 is 0 Å². The summed E-state index contributed by atoms with van der Waals surface area (Å²) < 4.78 is 10.9. The molecule has 0 N–H and O–H groups in total. The number of hydrogen-bond donors (Lipinski definition) is 0. The molecule has 2 rings (SSSR count). The van der Waals surface area contributed by atoms with Gasteiger partial charge in [-0.25, -0.2) is 0 Å². The van der Waals surface area contributed by atoms with Gasteiger partial charge in [-0.2, -0.15) is 0 Å². The zero-order valence-corrected chi connectivity index (χ0v) is 14.3. The summed E-state index contributed by atoms with van der Waals surface area (Å²) in [6, 6.07) is 0. The number of ether oxygens (including phenoxy) is 2. The van der Waals surface area contributed by atoms with E-state index >= 15 is 0 Å². The molecule has 1 saturated heterocycles. The SMILES string of the molecule is CC(C)(C)OC(=O)C[C@@H]1C[C@H](CN2CCOCC2)C1(C)C. The maximum absolute atomic E-state index is 12.0. The quantitative estimate of drug-likeness (QED) is 0.748. The smallest absolute Gasteiger partial charge is 0.306 e. The van der Waals surface area contributed by atoms with E-state index in [1.165, 1.54) is 0 Å². The van der Waals surface area contributed by atoms with Crippen molar-refractivity contribution >= 4 is 5.97 Å². The Hall–Kier alpha value is -0.610. The first kappa shape index (κ1) is 16.8. The maximum atomic E-state index is 12.0. The molecule has 4 nitrogen and oxygen atoms in total. The Bertz CT molecular complexity index is 367. The fourth-order valence-electron chi connectivity index (χ4n) is 3.46. The van der Waals surface area contributed by atoms with Crippen molar-refractivity contribution in [1.82, 2.24) is 4.90 Å². The number of carbonyl (C=O) groups is 1. The average molecular weight is 297 g/mol. The van der Waals surface area contributed by atoms with Crippen LogP contribution in [0.4, 0.5) is 0 Å². The molecule has 122 valence electrons. The third-order valence-corrected chi connectivity index (χ3v) is 5.09. The second-order valence-corrected chi connectivity index (χ2v) is 8.15. The first-order valence-corrected chi connectivity index (χ1v) is 8.20. The molecular formula is C17H31NO3. The molecule has 0 unspecified atom stereocenters. The van der Waals surface area contributed by atoms with E-state index in [-0.39, 0.29) is 17.0 Å². The van der Waals surface area contributed by atoms with Crippen LogP contribution in [0.1, 0.15) is 47.5 Å². The Morgan fingerprint density at radius 3 is 2.38 bits per heavy atom. The zero-order valence-electron chi connectivity index (χ0n) is 14.3. The van der Waals surface area contributed by atoms with Gasteiger partial charge in [-0.3, -0.25) is 9.69 Å². The summed E-state index contributed by atoms with van der Waals surface area (Å²) in [7, 11) is 0. The molecule has 1 aliphatic carbocycles. The largest absolute Gasteiger partial charge is 0.460 e. The summed E-state index contributed by atoms with van der Waals surface area (Å²) in [6.45, 7) is 15.3. The molecule has 0 aromatic carbocycles. The van der Waals surface area contributed by atoms with Crippen molar-refractivity contribution in [3.05, 3.63) is 0 Å². The molecule has 1 saturated carbocycles. The average Bonchev–Trinajstić information content (AvgIpc) is 2.36. The van der Waals surface area contributed by atoms with Crippen molar-refractivity contribution in [3.8, 4) is 0 Å². The van der Waals surface area contributed by atoms with Gasteiger partial charge < -0.3 is 9.47 Å². The first-order valence-electron chi connectivity index (χ1n) is 8.20. The predicted octanol–water partition coefficient (Wildman–Crippen LogP) is 2.71. The number of morpholine rings is 1. The van der Waals surface area contributed by atoms with Crippen LogP contribution in [0.15, 0.2) is 0 Å². The lowest BCUT2D eigenvalue weighted by molar-refractivity contribution is -0.161. The molecule has 2 fully saturated rings. The van der Waals surface area contributed by atoms with E-state index in [1.807, 2.05) is 20.8 Å². The fourth-order valence-corrected chi connectivity index (χ4v) is 3.46. The monoisotopic (exact) mass is 297 g/mol. The highest BCUT2D eigenvalue weighted by Gasteiger charge is 2.49. The fraction of sp³-hybridized carbons (Fsp3) is 0.941. The second kappa shape index (κ2) is 6.25. The maximum Gasteiger partial charge on any atom is 0.306 e. The highest BCUT2D eigenvalue weighted by atomic mass is 16.6. The van der Waals surface area contributed by atoms with Crippen LogP contribution in [0.25, 0.3) is 0 Å². The lowest BCUT2D eigenvalue weighted by Crippen LogP contribution is -2.52. The van der Waals surface area contributed by atoms with E-state index in [1.54, 1.807) is 0 Å². The van der Waals surface area contributed by atoms with E-state index in [9.17, 15) is 4.79 Å². The molecule has 0 amide bonds. The van der Waals surface area contributed by atoms with Crippen LogP contribution in [0.3, 0.4) is 0 Å². The minimum atomic E-state index is -0.377. The van der Waals surface area contributed by atoms with Crippen molar-refractivity contribution in [2.75, 3.05) is 32.8 Å². The summed E-state index contributed by atoms with van der Waals surface area (Å²) in [4.78, 5) is 14.5. The lowest BCUT2D eigenvalue weighted by Gasteiger charge is -2.54. The highest BCUT2D eigenvalue weighted by molar-refractivity contribution is 5.70. The summed E-state index contributed by atoms with van der Waals surface area (Å²) in [5.41, 5.74) is -0.145. The molecule has 1 heterocycles. The van der Waals surface area contributed by atoms with Gasteiger partial charge in [0.15, 0.2) is 0 Å². The van der Waals surface area contributed by atoms with Crippen LogP contribution in [0, 0.1) is 17.3 Å². The molecular weight excluding hydrogens is 266 g/mol. The van der Waals surface area contributed by atoms with Gasteiger partial charge in [-0.05, 0) is 44.4 Å². The molecule has 2 aliphatic rings. The van der Waals surface area contributed by atoms with E-state index < -0.39 is 0 Å². The molecule has 0 bridgehead atoms. The number of nitrogens with zero attached hydrogens (tertiary/aromatic N) is 1. The molecule has 21 heavy (non-hydrogen) atoms. The Balaban J connectivity index is 1.79. The summed E-state index contributed by atoms with van der Waals surface area (Å²) in [5, 5.41) is 0. The highest BCUT2D eigenvalue weighted by Crippen LogP contribution is 2.53. The summed E-state index contributed by atoms with van der Waals surface area (Å²) in [5.74, 6) is 1.09. The van der Waals surface area contributed by atoms with Gasteiger partial charge in [0.05, 0.1) is 13.2 Å². The Labute approximate surface area is 129 Å². The molecule has 0 spiro atoms. The lowest BCUT2D eigenvalue weighted by atomic mass is 9.53. The van der Waals surface area contributed by atoms with Gasteiger partial charge >= 0.3 is 5.97 Å². The standard InChI is InChI=1S/C17H31NO3/c1-16(2,3)21-15(19)11-13-10-14(17(13,4)5)12-18-6-8-20-9-7-18/h13-14H,6-12H2,1-5H3/t13-,14+/m0/s1. The van der Waals surface area contributed by atoms with Crippen LogP contribution in [-0.4, -0.2) is 49.3 Å². The Kier molecular flexibility index (Phi) is 4.99. The first-order chi connectivity index (χ1) is 9.68. The van der Waals surface area contributed by atoms with E-state index in [0.29, 0.717) is 18.3 Å². The van der Waals surface area contributed by atoms with E-state index in [0.717, 1.165) is 39.3 Å².